The Kier molecular flexibility index (Phi) is 11.3. The fourth-order valence-corrected chi connectivity index (χ4v) is 5.06. The van der Waals surface area contributed by atoms with E-state index in [4.69, 9.17) is 0 Å². The summed E-state index contributed by atoms with van der Waals surface area (Å²) in [5.74, 6) is -2.00. The highest BCUT2D eigenvalue weighted by atomic mass is 19.4. The van der Waals surface area contributed by atoms with Gasteiger partial charge >= 0.3 is 12.4 Å². The molecule has 0 amide bonds. The minimum absolute atomic E-state index is 0.00897. The second kappa shape index (κ2) is 14.1. The van der Waals surface area contributed by atoms with Gasteiger partial charge in [-0.3, -0.25) is 4.98 Å². The SMILES string of the molecule is C=C(Nc1ccc(C(F)(F)F)cc1-c1ccc(C(F)(F)F)nc1)/C(C(=C)N(C)Cc1cccc(F)c1F)=C(\C)C(C)(C)CCC(C)(C)C. The molecule has 3 aromatic rings. The number of rotatable bonds is 11. The summed E-state index contributed by atoms with van der Waals surface area (Å²) in [5, 5.41) is 3.09. The molecule has 48 heavy (non-hydrogen) atoms. The van der Waals surface area contributed by atoms with Crippen molar-refractivity contribution in [1.82, 2.24) is 9.88 Å². The Hall–Kier alpha value is -4.15. The number of hydrogen-bond acceptors (Lipinski definition) is 3. The lowest BCUT2D eigenvalue weighted by Gasteiger charge is -2.35. The highest BCUT2D eigenvalue weighted by molar-refractivity contribution is 5.80. The maximum Gasteiger partial charge on any atom is 0.433 e. The van der Waals surface area contributed by atoms with Crippen LogP contribution in [0, 0.1) is 22.5 Å². The molecule has 0 bridgehead atoms. The predicted molar refractivity (Wildman–Crippen MR) is 175 cm³/mol. The van der Waals surface area contributed by atoms with Gasteiger partial charge in [0.05, 0.1) is 5.56 Å². The molecule has 0 saturated carbocycles. The molecule has 0 aliphatic heterocycles. The van der Waals surface area contributed by atoms with Crippen LogP contribution >= 0.6 is 0 Å². The lowest BCUT2D eigenvalue weighted by atomic mass is 9.74. The van der Waals surface area contributed by atoms with E-state index in [0.29, 0.717) is 17.3 Å². The summed E-state index contributed by atoms with van der Waals surface area (Å²) in [6.45, 7) is 20.7. The third kappa shape index (κ3) is 9.48. The van der Waals surface area contributed by atoms with Crippen molar-refractivity contribution in [2.45, 2.75) is 73.3 Å². The summed E-state index contributed by atoms with van der Waals surface area (Å²) in [7, 11) is 1.65. The van der Waals surface area contributed by atoms with Crippen molar-refractivity contribution in [1.29, 1.82) is 0 Å². The Morgan fingerprint density at radius 1 is 0.854 bits per heavy atom. The fourth-order valence-electron chi connectivity index (χ4n) is 5.06. The van der Waals surface area contributed by atoms with Gasteiger partial charge in [-0.05, 0) is 60.9 Å². The molecular weight excluding hydrogens is 638 g/mol. The van der Waals surface area contributed by atoms with Gasteiger partial charge in [0.15, 0.2) is 11.6 Å². The third-order valence-electron chi connectivity index (χ3n) is 8.38. The maximum absolute atomic E-state index is 14.6. The number of benzene rings is 2. The molecule has 0 saturated heterocycles. The summed E-state index contributed by atoms with van der Waals surface area (Å²) in [5.41, 5.74) is -0.533. The van der Waals surface area contributed by atoms with Crippen molar-refractivity contribution in [3.05, 3.63) is 119 Å². The van der Waals surface area contributed by atoms with Gasteiger partial charge < -0.3 is 10.2 Å². The quantitative estimate of drug-likeness (QED) is 0.162. The van der Waals surface area contributed by atoms with E-state index in [-0.39, 0.29) is 40.0 Å². The normalized spacial score (nSPS) is 13.2. The lowest BCUT2D eigenvalue weighted by molar-refractivity contribution is -0.141. The molecule has 1 heterocycles. The molecule has 0 atom stereocenters. The van der Waals surface area contributed by atoms with E-state index in [2.05, 4.69) is 44.2 Å². The van der Waals surface area contributed by atoms with Crippen LogP contribution in [0.2, 0.25) is 0 Å². The number of likely N-dealkylation sites (N-methyl/N-ethyl adjacent to an activating group) is 1. The third-order valence-corrected chi connectivity index (χ3v) is 8.38. The van der Waals surface area contributed by atoms with Gasteiger partial charge in [-0.1, -0.05) is 71.5 Å². The number of hydrogen-bond donors (Lipinski definition) is 1. The molecule has 0 unspecified atom stereocenters. The molecule has 1 aromatic heterocycles. The van der Waals surface area contributed by atoms with Crippen molar-refractivity contribution in [3.8, 4) is 11.1 Å². The van der Waals surface area contributed by atoms with Crippen molar-refractivity contribution in [2.24, 2.45) is 10.8 Å². The van der Waals surface area contributed by atoms with Crippen LogP contribution in [-0.2, 0) is 18.9 Å². The molecule has 0 aliphatic rings. The van der Waals surface area contributed by atoms with Gasteiger partial charge in [0.1, 0.15) is 5.69 Å². The number of pyridine rings is 1. The number of nitrogens with one attached hydrogen (secondary N) is 1. The number of allylic oxidation sites excluding steroid dienone is 1. The highest BCUT2D eigenvalue weighted by Gasteiger charge is 2.34. The predicted octanol–water partition coefficient (Wildman–Crippen LogP) is 11.8. The molecular formula is C37H41F8N3. The maximum atomic E-state index is 14.6. The van der Waals surface area contributed by atoms with Crippen molar-refractivity contribution < 1.29 is 35.1 Å². The second-order valence-corrected chi connectivity index (χ2v) is 13.8. The summed E-state index contributed by atoms with van der Waals surface area (Å²) in [4.78, 5) is 5.06. The van der Waals surface area contributed by atoms with Gasteiger partial charge in [0.25, 0.3) is 0 Å². The molecule has 1 N–H and O–H groups in total. The van der Waals surface area contributed by atoms with Gasteiger partial charge in [-0.25, -0.2) is 8.78 Å². The number of anilines is 1. The first-order chi connectivity index (χ1) is 21.9. The average Bonchev–Trinajstić information content (AvgIpc) is 2.97. The number of alkyl halides is 6. The van der Waals surface area contributed by atoms with Crippen LogP contribution in [0.4, 0.5) is 40.8 Å². The average molecular weight is 680 g/mol. The Morgan fingerprint density at radius 3 is 2.04 bits per heavy atom. The molecule has 0 spiro atoms. The summed E-state index contributed by atoms with van der Waals surface area (Å²) >= 11 is 0. The Bertz CT molecular complexity index is 1670. The zero-order chi connectivity index (χ0) is 36.4. The number of nitrogens with zero attached hydrogens (tertiary/aromatic N) is 2. The van der Waals surface area contributed by atoms with E-state index in [1.165, 1.54) is 18.2 Å². The van der Waals surface area contributed by atoms with E-state index >= 15 is 0 Å². The second-order valence-electron chi connectivity index (χ2n) is 13.8. The largest absolute Gasteiger partial charge is 0.433 e. The first kappa shape index (κ1) is 38.3. The van der Waals surface area contributed by atoms with Crippen LogP contribution in [0.25, 0.3) is 11.1 Å². The van der Waals surface area contributed by atoms with Crippen LogP contribution in [0.1, 0.15) is 71.2 Å². The van der Waals surface area contributed by atoms with Gasteiger partial charge in [-0.15, -0.1) is 0 Å². The van der Waals surface area contributed by atoms with Crippen molar-refractivity contribution in [2.75, 3.05) is 12.4 Å². The minimum atomic E-state index is -4.74. The van der Waals surface area contributed by atoms with Crippen LogP contribution in [0.3, 0.4) is 0 Å². The molecule has 11 heteroatoms. The van der Waals surface area contributed by atoms with Crippen LogP contribution in [0.5, 0.6) is 0 Å². The van der Waals surface area contributed by atoms with Gasteiger partial charge in [0, 0.05) is 59.1 Å². The monoisotopic (exact) mass is 679 g/mol. The summed E-state index contributed by atoms with van der Waals surface area (Å²) in [6.07, 6.45) is -7.00. The molecule has 0 aliphatic carbocycles. The summed E-state index contributed by atoms with van der Waals surface area (Å²) < 4.78 is 110. The smallest absolute Gasteiger partial charge is 0.370 e. The summed E-state index contributed by atoms with van der Waals surface area (Å²) in [6, 6.07) is 8.47. The topological polar surface area (TPSA) is 28.2 Å². The first-order valence-corrected chi connectivity index (χ1v) is 15.2. The molecule has 3 rings (SSSR count). The number of halogens is 8. The Labute approximate surface area is 277 Å². The molecule has 2 aromatic carbocycles. The van der Waals surface area contributed by atoms with Crippen molar-refractivity contribution >= 4 is 5.69 Å². The standard InChI is InChI=1S/C37H41F8N3/c1-22(35(7,8)18-17-34(4,5)6)32(24(3)48(9)21-26-11-10-12-29(38)33(26)39)23(2)47-30-15-14-27(36(40,41)42)19-28(30)25-13-16-31(46-20-25)37(43,44)45/h10-16,19-20,47H,2-3,17-18,21H2,1,4-9H3/b32-22-. The van der Waals surface area contributed by atoms with E-state index < -0.39 is 40.7 Å². The molecule has 3 nitrogen and oxygen atoms in total. The lowest BCUT2D eigenvalue weighted by Crippen LogP contribution is -2.25. The highest BCUT2D eigenvalue weighted by Crippen LogP contribution is 2.42. The molecule has 0 fully saturated rings. The van der Waals surface area contributed by atoms with Gasteiger partial charge in [0.2, 0.25) is 0 Å². The van der Waals surface area contributed by atoms with E-state index in [0.717, 1.165) is 48.9 Å². The Balaban J connectivity index is 2.14. The van der Waals surface area contributed by atoms with E-state index in [1.807, 2.05) is 20.8 Å². The van der Waals surface area contributed by atoms with Crippen molar-refractivity contribution in [3.63, 3.8) is 0 Å². The Morgan fingerprint density at radius 2 is 1.50 bits per heavy atom. The van der Waals surface area contributed by atoms with Crippen LogP contribution in [0.15, 0.2) is 90.4 Å². The zero-order valence-corrected chi connectivity index (χ0v) is 28.1. The number of aromatic nitrogens is 1. The van der Waals surface area contributed by atoms with E-state index in [1.54, 1.807) is 11.9 Å². The molecule has 0 radical (unpaired) electrons. The van der Waals surface area contributed by atoms with Crippen LogP contribution in [-0.4, -0.2) is 16.9 Å². The van der Waals surface area contributed by atoms with Gasteiger partial charge in [-0.2, -0.15) is 26.3 Å². The molecule has 260 valence electrons. The van der Waals surface area contributed by atoms with Crippen LogP contribution < -0.4 is 5.32 Å². The first-order valence-electron chi connectivity index (χ1n) is 15.2. The van der Waals surface area contributed by atoms with E-state index in [9.17, 15) is 35.1 Å². The zero-order valence-electron chi connectivity index (χ0n) is 28.1. The fraction of sp³-hybridized carbons (Fsp3) is 0.378. The minimum Gasteiger partial charge on any atom is -0.370 e.